The molecule has 12 heteroatoms. The summed E-state index contributed by atoms with van der Waals surface area (Å²) in [5, 5.41) is 3.02. The van der Waals surface area contributed by atoms with E-state index >= 15 is 0 Å². The maximum absolute atomic E-state index is 12.9. The third kappa shape index (κ3) is 4.75. The van der Waals surface area contributed by atoms with Crippen LogP contribution in [0, 0.1) is 0 Å². The van der Waals surface area contributed by atoms with Gasteiger partial charge in [0.15, 0.2) is 0 Å². The van der Waals surface area contributed by atoms with Gasteiger partial charge in [0.25, 0.3) is 0 Å². The van der Waals surface area contributed by atoms with Crippen molar-refractivity contribution >= 4 is 38.9 Å². The Kier molecular flexibility index (Phi) is 7.14. The van der Waals surface area contributed by atoms with Crippen LogP contribution in [0.1, 0.15) is 39.4 Å². The zero-order chi connectivity index (χ0) is 23.5. The molecule has 0 atom stereocenters. The summed E-state index contributed by atoms with van der Waals surface area (Å²) in [7, 11) is -3.61. The number of carbonyl (C=O) groups is 3. The SMILES string of the molecule is CCCn1c(CCC(=O)NN2CC(=O)NC2=O)nc2cc(S(=O)(=O)N(CC)CC)ccc21. The number of urea groups is 1. The molecule has 2 aromatic rings. The summed E-state index contributed by atoms with van der Waals surface area (Å²) < 4.78 is 29.1. The van der Waals surface area contributed by atoms with E-state index in [4.69, 9.17) is 0 Å². The van der Waals surface area contributed by atoms with Crippen LogP contribution in [-0.4, -0.2) is 64.8 Å². The van der Waals surface area contributed by atoms with E-state index in [0.29, 0.717) is 37.4 Å². The lowest BCUT2D eigenvalue weighted by atomic mass is 10.2. The number of hydrogen-bond donors (Lipinski definition) is 2. The Morgan fingerprint density at radius 2 is 1.94 bits per heavy atom. The summed E-state index contributed by atoms with van der Waals surface area (Å²) in [5.41, 5.74) is 3.75. The maximum Gasteiger partial charge on any atom is 0.343 e. The molecule has 1 aliphatic rings. The molecule has 0 saturated carbocycles. The number of aromatic nitrogens is 2. The van der Waals surface area contributed by atoms with Crippen LogP contribution in [0.5, 0.6) is 0 Å². The molecule has 32 heavy (non-hydrogen) atoms. The molecule has 1 aliphatic heterocycles. The van der Waals surface area contributed by atoms with E-state index in [2.05, 4.69) is 15.7 Å². The molecule has 1 fully saturated rings. The highest BCUT2D eigenvalue weighted by Crippen LogP contribution is 2.24. The lowest BCUT2D eigenvalue weighted by Crippen LogP contribution is -2.44. The Balaban J connectivity index is 1.82. The number of imide groups is 1. The van der Waals surface area contributed by atoms with Crippen LogP contribution in [0.15, 0.2) is 23.1 Å². The zero-order valence-corrected chi connectivity index (χ0v) is 19.2. The van der Waals surface area contributed by atoms with Crippen molar-refractivity contribution in [1.29, 1.82) is 0 Å². The fourth-order valence-corrected chi connectivity index (χ4v) is 5.14. The summed E-state index contributed by atoms with van der Waals surface area (Å²) in [6.07, 6.45) is 1.18. The van der Waals surface area contributed by atoms with Gasteiger partial charge in [0.05, 0.1) is 15.9 Å². The summed E-state index contributed by atoms with van der Waals surface area (Å²) >= 11 is 0. The number of sulfonamides is 1. The Bertz CT molecular complexity index is 1140. The van der Waals surface area contributed by atoms with Gasteiger partial charge in [0.2, 0.25) is 21.8 Å². The first-order valence-electron chi connectivity index (χ1n) is 10.6. The van der Waals surface area contributed by atoms with Gasteiger partial charge < -0.3 is 4.57 Å². The Labute approximate surface area is 186 Å². The van der Waals surface area contributed by atoms with Gasteiger partial charge in [-0.2, -0.15) is 4.31 Å². The zero-order valence-electron chi connectivity index (χ0n) is 18.4. The van der Waals surface area contributed by atoms with Crippen LogP contribution in [0.25, 0.3) is 11.0 Å². The number of hydrogen-bond acceptors (Lipinski definition) is 6. The highest BCUT2D eigenvalue weighted by Gasteiger charge is 2.28. The normalized spacial score (nSPS) is 14.4. The summed E-state index contributed by atoms with van der Waals surface area (Å²) in [5.74, 6) is -0.249. The first-order valence-corrected chi connectivity index (χ1v) is 12.0. The molecule has 4 amide bonds. The molecule has 3 rings (SSSR count). The largest absolute Gasteiger partial charge is 0.343 e. The van der Waals surface area contributed by atoms with Gasteiger partial charge in [0.1, 0.15) is 12.4 Å². The third-order valence-corrected chi connectivity index (χ3v) is 7.26. The molecule has 1 aromatic heterocycles. The minimum atomic E-state index is -3.61. The van der Waals surface area contributed by atoms with Gasteiger partial charge in [0, 0.05) is 32.5 Å². The standard InChI is InChI=1S/C20H28N6O5S/c1-4-11-25-16-8-7-14(32(30,31)24(5-2)6-3)12-15(16)21-17(25)9-10-18(27)23-26-13-19(28)22-20(26)29/h7-8,12H,4-6,9-11,13H2,1-3H3,(H,23,27)(H,22,28,29). The van der Waals surface area contributed by atoms with E-state index in [0.717, 1.165) is 16.9 Å². The molecule has 1 aromatic carbocycles. The van der Waals surface area contributed by atoms with Crippen LogP contribution >= 0.6 is 0 Å². The summed E-state index contributed by atoms with van der Waals surface area (Å²) in [4.78, 5) is 39.9. The average Bonchev–Trinajstić information content (AvgIpc) is 3.25. The van der Waals surface area contributed by atoms with Crippen molar-refractivity contribution in [3.63, 3.8) is 0 Å². The molecule has 0 aliphatic carbocycles. The van der Waals surface area contributed by atoms with Crippen molar-refractivity contribution in [2.24, 2.45) is 0 Å². The van der Waals surface area contributed by atoms with E-state index in [1.165, 1.54) is 4.31 Å². The number of imidazole rings is 1. The van der Waals surface area contributed by atoms with Gasteiger partial charge in [-0.05, 0) is 24.6 Å². The minimum absolute atomic E-state index is 0.0512. The highest BCUT2D eigenvalue weighted by molar-refractivity contribution is 7.89. The van der Waals surface area contributed by atoms with Crippen LogP contribution in [0.3, 0.4) is 0 Å². The molecular weight excluding hydrogens is 436 g/mol. The Hall–Kier alpha value is -2.99. The Morgan fingerprint density at radius 1 is 1.22 bits per heavy atom. The van der Waals surface area contributed by atoms with Crippen LogP contribution < -0.4 is 10.7 Å². The highest BCUT2D eigenvalue weighted by atomic mass is 32.2. The monoisotopic (exact) mass is 464 g/mol. The lowest BCUT2D eigenvalue weighted by Gasteiger charge is -2.18. The fraction of sp³-hybridized carbons (Fsp3) is 0.500. The van der Waals surface area contributed by atoms with Crippen molar-refractivity contribution in [1.82, 2.24) is 29.6 Å². The van der Waals surface area contributed by atoms with Crippen LogP contribution in [0.4, 0.5) is 4.79 Å². The van der Waals surface area contributed by atoms with Crippen molar-refractivity contribution in [2.45, 2.75) is 51.5 Å². The molecule has 2 N–H and O–H groups in total. The minimum Gasteiger partial charge on any atom is -0.328 e. The number of carbonyl (C=O) groups excluding carboxylic acids is 3. The number of hydrazine groups is 1. The number of fused-ring (bicyclic) bond motifs is 1. The lowest BCUT2D eigenvalue weighted by molar-refractivity contribution is -0.125. The molecule has 1 saturated heterocycles. The van der Waals surface area contributed by atoms with Gasteiger partial charge in [-0.3, -0.25) is 20.3 Å². The first-order chi connectivity index (χ1) is 15.2. The van der Waals surface area contributed by atoms with Gasteiger partial charge in [-0.15, -0.1) is 0 Å². The first kappa shape index (κ1) is 23.7. The number of amides is 4. The van der Waals surface area contributed by atoms with Gasteiger partial charge >= 0.3 is 6.03 Å². The summed E-state index contributed by atoms with van der Waals surface area (Å²) in [6, 6.07) is 4.24. The van der Waals surface area contributed by atoms with Crippen molar-refractivity contribution in [3.8, 4) is 0 Å². The second-order valence-corrected chi connectivity index (χ2v) is 9.33. The molecule has 0 radical (unpaired) electrons. The van der Waals surface area contributed by atoms with E-state index < -0.39 is 27.9 Å². The molecule has 0 spiro atoms. The van der Waals surface area contributed by atoms with Crippen molar-refractivity contribution in [2.75, 3.05) is 19.6 Å². The summed E-state index contributed by atoms with van der Waals surface area (Å²) in [6.45, 7) is 6.80. The number of benzene rings is 1. The topological polar surface area (TPSA) is 134 Å². The van der Waals surface area contributed by atoms with Crippen LogP contribution in [-0.2, 0) is 32.6 Å². The predicted octanol–water partition coefficient (Wildman–Crippen LogP) is 0.992. The van der Waals surface area contributed by atoms with E-state index in [9.17, 15) is 22.8 Å². The van der Waals surface area contributed by atoms with Gasteiger partial charge in [-0.25, -0.2) is 23.2 Å². The quantitative estimate of drug-likeness (QED) is 0.504. The van der Waals surface area contributed by atoms with Crippen LogP contribution in [0.2, 0.25) is 0 Å². The fourth-order valence-electron chi connectivity index (χ4n) is 3.66. The molecule has 0 bridgehead atoms. The average molecular weight is 465 g/mol. The Morgan fingerprint density at radius 3 is 2.53 bits per heavy atom. The number of rotatable bonds is 10. The van der Waals surface area contributed by atoms with Gasteiger partial charge in [-0.1, -0.05) is 20.8 Å². The molecule has 174 valence electrons. The molecule has 0 unspecified atom stereocenters. The predicted molar refractivity (Wildman–Crippen MR) is 117 cm³/mol. The van der Waals surface area contributed by atoms with Crippen molar-refractivity contribution in [3.05, 3.63) is 24.0 Å². The van der Waals surface area contributed by atoms with E-state index in [1.807, 2.05) is 11.5 Å². The second kappa shape index (κ2) is 9.65. The van der Waals surface area contributed by atoms with E-state index in [-0.39, 0.29) is 17.9 Å². The molecule has 2 heterocycles. The number of nitrogens with one attached hydrogen (secondary N) is 2. The molecular formula is C20H28N6O5S. The molecule has 11 nitrogen and oxygen atoms in total. The third-order valence-electron chi connectivity index (χ3n) is 5.22. The number of aryl methyl sites for hydroxylation is 2. The maximum atomic E-state index is 12.9. The second-order valence-electron chi connectivity index (χ2n) is 7.39. The number of nitrogens with zero attached hydrogens (tertiary/aromatic N) is 4. The van der Waals surface area contributed by atoms with E-state index in [1.54, 1.807) is 32.0 Å². The smallest absolute Gasteiger partial charge is 0.328 e. The van der Waals surface area contributed by atoms with Crippen molar-refractivity contribution < 1.29 is 22.8 Å².